The number of carboxylic acids is 1. The molecule has 0 saturated carbocycles. The van der Waals surface area contributed by atoms with E-state index in [4.69, 9.17) is 28.3 Å². The fourth-order valence-corrected chi connectivity index (χ4v) is 4.30. The number of nitriles is 1. The fourth-order valence-electron chi connectivity index (χ4n) is 3.80. The molecule has 0 atom stereocenters. The Kier molecular flexibility index (Phi) is 6.87. The third kappa shape index (κ3) is 5.07. The second-order valence-corrected chi connectivity index (χ2v) is 8.58. The Morgan fingerprint density at radius 1 is 1.03 bits per heavy atom. The molecule has 4 rings (SSSR count). The van der Waals surface area contributed by atoms with Gasteiger partial charge in [-0.1, -0.05) is 35.3 Å². The molecule has 4 aromatic rings. The van der Waals surface area contributed by atoms with Gasteiger partial charge in [0.05, 0.1) is 23.2 Å². The van der Waals surface area contributed by atoms with E-state index in [0.717, 1.165) is 16.5 Å². The van der Waals surface area contributed by atoms with Crippen LogP contribution >= 0.6 is 23.2 Å². The molecule has 3 aromatic carbocycles. The lowest BCUT2D eigenvalue weighted by molar-refractivity contribution is -0.136. The Hall–Kier alpha value is -3.79. The van der Waals surface area contributed by atoms with E-state index < -0.39 is 5.97 Å². The number of aromatic nitrogens is 1. The van der Waals surface area contributed by atoms with Crippen molar-refractivity contribution in [2.24, 2.45) is 0 Å². The number of benzene rings is 3. The van der Waals surface area contributed by atoms with Crippen molar-refractivity contribution >= 4 is 46.0 Å². The Balaban J connectivity index is 1.51. The van der Waals surface area contributed by atoms with E-state index >= 15 is 0 Å². The minimum Gasteiger partial charge on any atom is -0.481 e. The second kappa shape index (κ2) is 10.0. The maximum absolute atomic E-state index is 12.7. The van der Waals surface area contributed by atoms with Crippen LogP contribution in [0.3, 0.4) is 0 Å². The quantitative estimate of drug-likeness (QED) is 0.361. The lowest BCUT2D eigenvalue weighted by Crippen LogP contribution is -2.25. The number of carbonyl (C=O) groups is 2. The Bertz CT molecular complexity index is 1450. The molecule has 1 aromatic heterocycles. The summed E-state index contributed by atoms with van der Waals surface area (Å²) in [5.41, 5.74) is 3.82. The first kappa shape index (κ1) is 23.4. The van der Waals surface area contributed by atoms with Gasteiger partial charge in [-0.3, -0.25) is 9.59 Å². The van der Waals surface area contributed by atoms with Gasteiger partial charge < -0.3 is 15.0 Å². The summed E-state index contributed by atoms with van der Waals surface area (Å²) < 4.78 is 1.85. The molecule has 0 aliphatic carbocycles. The second-order valence-electron chi connectivity index (χ2n) is 7.73. The number of carboxylic acid groups (broad SMARTS) is 1. The molecule has 0 aliphatic heterocycles. The normalized spacial score (nSPS) is 10.7. The summed E-state index contributed by atoms with van der Waals surface area (Å²) >= 11 is 12.1. The van der Waals surface area contributed by atoms with Gasteiger partial charge in [0.2, 0.25) is 0 Å². The Labute approximate surface area is 206 Å². The third-order valence-electron chi connectivity index (χ3n) is 5.44. The van der Waals surface area contributed by atoms with Crippen LogP contribution in [0.2, 0.25) is 10.0 Å². The van der Waals surface area contributed by atoms with Gasteiger partial charge in [-0.05, 0) is 66.1 Å². The van der Waals surface area contributed by atoms with Crippen LogP contribution in [0.4, 0.5) is 0 Å². The van der Waals surface area contributed by atoms with Crippen LogP contribution in [0, 0.1) is 11.3 Å². The zero-order valence-corrected chi connectivity index (χ0v) is 19.4. The summed E-state index contributed by atoms with van der Waals surface area (Å²) in [5.74, 6) is -1.15. The monoisotopic (exact) mass is 491 g/mol. The van der Waals surface area contributed by atoms with Crippen molar-refractivity contribution < 1.29 is 14.7 Å². The Morgan fingerprint density at radius 2 is 1.85 bits per heavy atom. The van der Waals surface area contributed by atoms with Gasteiger partial charge in [-0.2, -0.15) is 5.26 Å². The molecule has 0 aliphatic rings. The lowest BCUT2D eigenvalue weighted by atomic mass is 10.1. The van der Waals surface area contributed by atoms with Gasteiger partial charge in [-0.15, -0.1) is 0 Å². The van der Waals surface area contributed by atoms with E-state index in [1.54, 1.807) is 42.5 Å². The topological polar surface area (TPSA) is 95.1 Å². The molecule has 6 nitrogen and oxygen atoms in total. The number of aliphatic carboxylic acids is 1. The molecule has 1 heterocycles. The summed E-state index contributed by atoms with van der Waals surface area (Å²) in [6.45, 7) is 0.424. The summed E-state index contributed by atoms with van der Waals surface area (Å²) in [7, 11) is 0. The number of carbonyl (C=O) groups excluding carboxylic acids is 1. The number of hydrogen-bond acceptors (Lipinski definition) is 3. The van der Waals surface area contributed by atoms with Crippen molar-refractivity contribution in [1.29, 1.82) is 5.26 Å². The van der Waals surface area contributed by atoms with Crippen LogP contribution in [0.5, 0.6) is 0 Å². The molecule has 0 unspecified atom stereocenters. The van der Waals surface area contributed by atoms with Crippen LogP contribution in [0.25, 0.3) is 16.6 Å². The first-order valence-electron chi connectivity index (χ1n) is 10.4. The van der Waals surface area contributed by atoms with E-state index in [1.807, 2.05) is 29.0 Å². The highest BCUT2D eigenvalue weighted by Gasteiger charge is 2.13. The van der Waals surface area contributed by atoms with Gasteiger partial charge in [0.1, 0.15) is 6.07 Å². The molecule has 0 radical (unpaired) electrons. The van der Waals surface area contributed by atoms with E-state index in [2.05, 4.69) is 11.4 Å². The number of hydrogen-bond donors (Lipinski definition) is 2. The molecule has 34 heavy (non-hydrogen) atoms. The third-order valence-corrected chi connectivity index (χ3v) is 6.03. The highest BCUT2D eigenvalue weighted by Crippen LogP contribution is 2.25. The number of rotatable bonds is 7. The average Bonchev–Trinajstić information content (AvgIpc) is 3.23. The molecule has 8 heteroatoms. The highest BCUT2D eigenvalue weighted by molar-refractivity contribution is 6.35. The van der Waals surface area contributed by atoms with Crippen molar-refractivity contribution in [2.75, 3.05) is 6.54 Å². The summed E-state index contributed by atoms with van der Waals surface area (Å²) in [6, 6.07) is 19.7. The van der Waals surface area contributed by atoms with E-state index in [1.165, 1.54) is 0 Å². The number of fused-ring (bicyclic) bond motifs is 1. The molecule has 2 N–H and O–H groups in total. The summed E-state index contributed by atoms with van der Waals surface area (Å²) in [6.07, 6.45) is 2.25. The zero-order chi connectivity index (χ0) is 24.2. The van der Waals surface area contributed by atoms with E-state index in [-0.39, 0.29) is 12.3 Å². The largest absolute Gasteiger partial charge is 0.481 e. The SMILES string of the molecule is N#Cc1cc(CC(=O)O)ccc1-n1ccc2cc(C(=O)NCCc3ccc(Cl)cc3Cl)ccc21. The molecule has 0 bridgehead atoms. The number of nitrogens with one attached hydrogen (secondary N) is 1. The predicted octanol–water partition coefficient (Wildman–Crippen LogP) is 5.41. The van der Waals surface area contributed by atoms with Crippen LogP contribution < -0.4 is 5.32 Å². The predicted molar refractivity (Wildman–Crippen MR) is 132 cm³/mol. The summed E-state index contributed by atoms with van der Waals surface area (Å²) in [5, 5.41) is 23.5. The molecule has 1 amide bonds. The smallest absolute Gasteiger partial charge is 0.307 e. The molecule has 0 fully saturated rings. The maximum atomic E-state index is 12.7. The van der Waals surface area contributed by atoms with Crippen molar-refractivity contribution in [3.63, 3.8) is 0 Å². The van der Waals surface area contributed by atoms with Crippen LogP contribution in [0.1, 0.15) is 27.0 Å². The van der Waals surface area contributed by atoms with Gasteiger partial charge >= 0.3 is 5.97 Å². The van der Waals surface area contributed by atoms with Crippen molar-refractivity contribution in [2.45, 2.75) is 12.8 Å². The minimum atomic E-state index is -0.954. The number of halogens is 2. The fraction of sp³-hybridized carbons (Fsp3) is 0.115. The molecule has 170 valence electrons. The molecular weight excluding hydrogens is 473 g/mol. The van der Waals surface area contributed by atoms with E-state index in [0.29, 0.717) is 45.4 Å². The molecule has 0 spiro atoms. The average molecular weight is 492 g/mol. The number of nitrogens with zero attached hydrogens (tertiary/aromatic N) is 2. The van der Waals surface area contributed by atoms with Crippen LogP contribution in [-0.4, -0.2) is 28.1 Å². The first-order valence-corrected chi connectivity index (χ1v) is 11.2. The zero-order valence-electron chi connectivity index (χ0n) is 17.9. The van der Waals surface area contributed by atoms with Crippen molar-refractivity contribution in [1.82, 2.24) is 9.88 Å². The number of amides is 1. The van der Waals surface area contributed by atoms with Gasteiger partial charge in [0.25, 0.3) is 5.91 Å². The van der Waals surface area contributed by atoms with Gasteiger partial charge in [0, 0.05) is 33.7 Å². The summed E-state index contributed by atoms with van der Waals surface area (Å²) in [4.78, 5) is 23.6. The minimum absolute atomic E-state index is 0.149. The lowest BCUT2D eigenvalue weighted by Gasteiger charge is -2.10. The van der Waals surface area contributed by atoms with Crippen molar-refractivity contribution in [3.05, 3.63) is 99.2 Å². The highest BCUT2D eigenvalue weighted by atomic mass is 35.5. The van der Waals surface area contributed by atoms with E-state index in [9.17, 15) is 14.9 Å². The first-order chi connectivity index (χ1) is 16.4. The standard InChI is InChI=1S/C26H19Cl2N3O3/c27-21-4-2-17(22(28)14-21)7-9-30-26(34)19-3-6-23-18(13-19)8-10-31(23)24-5-1-16(12-25(32)33)11-20(24)15-29/h1-6,8,10-11,13-14H,7,9,12H2,(H,30,34)(H,32,33). The van der Waals surface area contributed by atoms with Crippen molar-refractivity contribution in [3.8, 4) is 11.8 Å². The molecular formula is C26H19Cl2N3O3. The van der Waals surface area contributed by atoms with Crippen LogP contribution in [-0.2, 0) is 17.6 Å². The molecule has 0 saturated heterocycles. The Morgan fingerprint density at radius 3 is 2.59 bits per heavy atom. The van der Waals surface area contributed by atoms with Gasteiger partial charge in [-0.25, -0.2) is 0 Å². The van der Waals surface area contributed by atoms with Gasteiger partial charge in [0.15, 0.2) is 0 Å². The van der Waals surface area contributed by atoms with Crippen LogP contribution in [0.15, 0.2) is 66.9 Å². The maximum Gasteiger partial charge on any atom is 0.307 e.